The van der Waals surface area contributed by atoms with Crippen molar-refractivity contribution in [3.05, 3.63) is 47.7 Å². The Morgan fingerprint density at radius 3 is 1.76 bits per heavy atom. The molecule has 114 valence electrons. The molecule has 0 saturated carbocycles. The first kappa shape index (κ1) is 18.2. The summed E-state index contributed by atoms with van der Waals surface area (Å²) < 4.78 is 4.46. The molecular weight excluding hydrogens is 280 g/mol. The minimum atomic E-state index is -1.23. The number of benzene rings is 1. The number of aliphatic hydroxyl groups is 1. The molecule has 0 saturated heterocycles. The zero-order chi connectivity index (χ0) is 16.4. The number of carbonyl (C=O) groups is 3. The Bertz CT molecular complexity index is 501. The van der Waals surface area contributed by atoms with E-state index in [9.17, 15) is 14.4 Å². The summed E-state index contributed by atoms with van der Waals surface area (Å²) in [4.78, 5) is 31.3. The van der Waals surface area contributed by atoms with E-state index < -0.39 is 23.7 Å². The van der Waals surface area contributed by atoms with E-state index in [2.05, 4.69) is 11.3 Å². The van der Waals surface area contributed by atoms with Crippen molar-refractivity contribution in [2.75, 3.05) is 6.61 Å². The number of esters is 1. The Morgan fingerprint density at radius 1 is 1.05 bits per heavy atom. The third kappa shape index (κ3) is 6.76. The number of aromatic carboxylic acids is 2. The summed E-state index contributed by atoms with van der Waals surface area (Å²) in [6.45, 7) is 5.19. The van der Waals surface area contributed by atoms with Gasteiger partial charge in [0.1, 0.15) is 0 Å². The van der Waals surface area contributed by atoms with Crippen LogP contribution in [0.15, 0.2) is 36.6 Å². The topological polar surface area (TPSA) is 121 Å². The molecule has 1 aromatic carbocycles. The number of aliphatic hydroxyl groups excluding tert-OH is 1. The molecule has 0 aliphatic heterocycles. The minimum absolute atomic E-state index is 0.190. The van der Waals surface area contributed by atoms with Gasteiger partial charge in [-0.15, -0.1) is 0 Å². The average Bonchev–Trinajstić information content (AvgIpc) is 2.45. The Balaban J connectivity index is 0.000000400. The van der Waals surface area contributed by atoms with Crippen LogP contribution in [0.25, 0.3) is 0 Å². The van der Waals surface area contributed by atoms with Gasteiger partial charge in [0.15, 0.2) is 5.76 Å². The summed E-state index contributed by atoms with van der Waals surface area (Å²) in [5.74, 6) is -3.73. The molecule has 0 amide bonds. The van der Waals surface area contributed by atoms with Gasteiger partial charge in [-0.05, 0) is 25.1 Å². The van der Waals surface area contributed by atoms with E-state index in [1.54, 1.807) is 0 Å². The van der Waals surface area contributed by atoms with Crippen LogP contribution in [0.2, 0.25) is 0 Å². The van der Waals surface area contributed by atoms with E-state index in [1.165, 1.54) is 24.3 Å². The lowest BCUT2D eigenvalue weighted by Gasteiger charge is -1.98. The van der Waals surface area contributed by atoms with Gasteiger partial charge in [0.2, 0.25) is 0 Å². The molecule has 0 unspecified atom stereocenters. The van der Waals surface area contributed by atoms with E-state index >= 15 is 0 Å². The first-order chi connectivity index (χ1) is 9.81. The van der Waals surface area contributed by atoms with Crippen LogP contribution in [0.4, 0.5) is 0 Å². The van der Waals surface area contributed by atoms with E-state index in [0.717, 1.165) is 6.42 Å². The van der Waals surface area contributed by atoms with E-state index in [1.807, 2.05) is 6.92 Å². The maximum absolute atomic E-state index is 10.5. The van der Waals surface area contributed by atoms with Crippen molar-refractivity contribution >= 4 is 17.9 Å². The number of hydrogen-bond acceptors (Lipinski definition) is 5. The second-order valence-electron chi connectivity index (χ2n) is 3.74. The Morgan fingerprint density at radius 2 is 1.48 bits per heavy atom. The van der Waals surface area contributed by atoms with Crippen molar-refractivity contribution in [1.29, 1.82) is 0 Å². The standard InChI is InChI=1S/C8H6O4.C6H10O3/c9-7(10)5-3-1-2-4-6(5)8(11)12;1-3-4-9-6(8)5(2)7/h1-4H,(H,9,10)(H,11,12);7H,2-4H2,1H3. The lowest BCUT2D eigenvalue weighted by Crippen LogP contribution is -2.06. The van der Waals surface area contributed by atoms with Crippen LogP contribution < -0.4 is 0 Å². The molecule has 1 rings (SSSR count). The lowest BCUT2D eigenvalue weighted by molar-refractivity contribution is -0.141. The average molecular weight is 296 g/mol. The van der Waals surface area contributed by atoms with Gasteiger partial charge in [-0.1, -0.05) is 19.1 Å². The number of hydrogen-bond donors (Lipinski definition) is 3. The number of rotatable bonds is 5. The zero-order valence-corrected chi connectivity index (χ0v) is 11.4. The van der Waals surface area contributed by atoms with Crippen molar-refractivity contribution in [2.45, 2.75) is 13.3 Å². The van der Waals surface area contributed by atoms with Gasteiger partial charge in [-0.2, -0.15) is 0 Å². The maximum Gasteiger partial charge on any atom is 0.372 e. The van der Waals surface area contributed by atoms with Gasteiger partial charge >= 0.3 is 17.9 Å². The molecule has 0 fully saturated rings. The first-order valence-corrected chi connectivity index (χ1v) is 5.91. The van der Waals surface area contributed by atoms with Crippen LogP contribution in [-0.4, -0.2) is 39.8 Å². The van der Waals surface area contributed by atoms with Gasteiger partial charge in [-0.3, -0.25) is 0 Å². The van der Waals surface area contributed by atoms with Crippen molar-refractivity contribution < 1.29 is 34.4 Å². The molecule has 0 bridgehead atoms. The quantitative estimate of drug-likeness (QED) is 0.432. The molecule has 21 heavy (non-hydrogen) atoms. The molecule has 0 radical (unpaired) electrons. The van der Waals surface area contributed by atoms with Crippen LogP contribution >= 0.6 is 0 Å². The normalized spacial score (nSPS) is 9.00. The molecule has 3 N–H and O–H groups in total. The van der Waals surface area contributed by atoms with Crippen LogP contribution in [-0.2, 0) is 9.53 Å². The second kappa shape index (κ2) is 9.13. The lowest BCUT2D eigenvalue weighted by atomic mass is 10.1. The van der Waals surface area contributed by atoms with E-state index in [4.69, 9.17) is 15.3 Å². The summed E-state index contributed by atoms with van der Waals surface area (Å²) in [5, 5.41) is 25.5. The molecule has 0 aliphatic rings. The molecule has 0 heterocycles. The molecule has 7 heteroatoms. The molecular formula is C14H16O7. The Hall–Kier alpha value is -2.83. The summed E-state index contributed by atoms with van der Waals surface area (Å²) in [6, 6.07) is 5.48. The zero-order valence-electron chi connectivity index (χ0n) is 11.4. The number of carbonyl (C=O) groups excluding carboxylic acids is 1. The first-order valence-electron chi connectivity index (χ1n) is 5.91. The smallest absolute Gasteiger partial charge is 0.372 e. The van der Waals surface area contributed by atoms with Gasteiger partial charge in [0.05, 0.1) is 17.7 Å². The fraction of sp³-hybridized carbons (Fsp3) is 0.214. The minimum Gasteiger partial charge on any atom is -0.502 e. The summed E-state index contributed by atoms with van der Waals surface area (Å²) in [5.41, 5.74) is -0.380. The Labute approximate surface area is 121 Å². The van der Waals surface area contributed by atoms with Crippen LogP contribution in [0, 0.1) is 0 Å². The largest absolute Gasteiger partial charge is 0.502 e. The third-order valence-electron chi connectivity index (χ3n) is 2.06. The van der Waals surface area contributed by atoms with Gasteiger partial charge < -0.3 is 20.1 Å². The van der Waals surface area contributed by atoms with E-state index in [-0.39, 0.29) is 11.1 Å². The molecule has 0 aromatic heterocycles. The van der Waals surface area contributed by atoms with Crippen molar-refractivity contribution in [2.24, 2.45) is 0 Å². The van der Waals surface area contributed by atoms with Gasteiger partial charge in [0.25, 0.3) is 0 Å². The second-order valence-corrected chi connectivity index (χ2v) is 3.74. The summed E-state index contributed by atoms with van der Waals surface area (Å²) in [6.07, 6.45) is 0.749. The molecule has 1 aromatic rings. The fourth-order valence-electron chi connectivity index (χ4n) is 1.13. The molecule has 0 spiro atoms. The Kier molecular flexibility index (Phi) is 7.90. The number of ether oxygens (including phenoxy) is 1. The van der Waals surface area contributed by atoms with Crippen molar-refractivity contribution in [1.82, 2.24) is 0 Å². The van der Waals surface area contributed by atoms with Gasteiger partial charge in [-0.25, -0.2) is 14.4 Å². The van der Waals surface area contributed by atoms with Crippen molar-refractivity contribution in [3.63, 3.8) is 0 Å². The van der Waals surface area contributed by atoms with Gasteiger partial charge in [0, 0.05) is 0 Å². The molecule has 0 atom stereocenters. The molecule has 0 aliphatic carbocycles. The highest BCUT2D eigenvalue weighted by Gasteiger charge is 2.13. The highest BCUT2D eigenvalue weighted by Crippen LogP contribution is 2.07. The summed E-state index contributed by atoms with van der Waals surface area (Å²) in [7, 11) is 0. The predicted octanol–water partition coefficient (Wildman–Crippen LogP) is 2.09. The van der Waals surface area contributed by atoms with Crippen LogP contribution in [0.3, 0.4) is 0 Å². The van der Waals surface area contributed by atoms with Crippen molar-refractivity contribution in [3.8, 4) is 0 Å². The monoisotopic (exact) mass is 296 g/mol. The number of carboxylic acid groups (broad SMARTS) is 2. The third-order valence-corrected chi connectivity index (χ3v) is 2.06. The highest BCUT2D eigenvalue weighted by atomic mass is 16.5. The van der Waals surface area contributed by atoms with Crippen LogP contribution in [0.1, 0.15) is 34.1 Å². The fourth-order valence-corrected chi connectivity index (χ4v) is 1.13. The predicted molar refractivity (Wildman–Crippen MR) is 73.4 cm³/mol. The maximum atomic E-state index is 10.5. The van der Waals surface area contributed by atoms with Crippen LogP contribution in [0.5, 0.6) is 0 Å². The van der Waals surface area contributed by atoms with E-state index in [0.29, 0.717) is 6.61 Å². The summed E-state index contributed by atoms with van der Waals surface area (Å²) >= 11 is 0. The SMILES string of the molecule is C=C(O)C(=O)OCCC.O=C(O)c1ccccc1C(=O)O. The highest BCUT2D eigenvalue weighted by molar-refractivity contribution is 6.01. The number of carboxylic acids is 2. The molecule has 7 nitrogen and oxygen atoms in total.